The Hall–Kier alpha value is -0.990. The minimum Gasteiger partial charge on any atom is -0.493 e. The van der Waals surface area contributed by atoms with Crippen LogP contribution in [0.4, 0.5) is 0 Å². The van der Waals surface area contributed by atoms with E-state index in [9.17, 15) is 0 Å². The zero-order chi connectivity index (χ0) is 13.9. The summed E-state index contributed by atoms with van der Waals surface area (Å²) in [6.45, 7) is 0.829. The molecule has 1 atom stereocenters. The molecule has 1 aliphatic rings. The summed E-state index contributed by atoms with van der Waals surface area (Å²) in [7, 11) is 0. The lowest BCUT2D eigenvalue weighted by molar-refractivity contribution is 0.288. The maximum atomic E-state index is 6.57. The molecule has 1 unspecified atom stereocenters. The normalized spacial score (nSPS) is 15.3. The Morgan fingerprint density at radius 1 is 1.15 bits per heavy atom. The Morgan fingerprint density at radius 3 is 2.75 bits per heavy atom. The molecule has 20 heavy (non-hydrogen) atoms. The van der Waals surface area contributed by atoms with Crippen molar-refractivity contribution in [2.24, 2.45) is 0 Å². The molecule has 1 aliphatic heterocycles. The van der Waals surface area contributed by atoms with Gasteiger partial charge in [-0.1, -0.05) is 40.2 Å². The fourth-order valence-electron chi connectivity index (χ4n) is 2.52. The summed E-state index contributed by atoms with van der Waals surface area (Å²) in [5.74, 6) is 1.02. The van der Waals surface area contributed by atoms with Crippen molar-refractivity contribution in [2.75, 3.05) is 6.61 Å². The SMILES string of the molecule is ClC(Cc1ccc(Br)cc1)c1ccc2c(c1)CCCO2. The van der Waals surface area contributed by atoms with Gasteiger partial charge in [-0.2, -0.15) is 0 Å². The van der Waals surface area contributed by atoms with E-state index in [0.29, 0.717) is 0 Å². The Balaban J connectivity index is 1.76. The van der Waals surface area contributed by atoms with Crippen LogP contribution in [0.3, 0.4) is 0 Å². The Bertz CT molecular complexity index is 594. The van der Waals surface area contributed by atoms with Crippen molar-refractivity contribution in [2.45, 2.75) is 24.6 Å². The average Bonchev–Trinajstić information content (AvgIpc) is 2.49. The lowest BCUT2D eigenvalue weighted by Crippen LogP contribution is -2.09. The first kappa shape index (κ1) is 14.0. The van der Waals surface area contributed by atoms with E-state index in [2.05, 4.69) is 58.4 Å². The van der Waals surface area contributed by atoms with E-state index in [4.69, 9.17) is 16.3 Å². The van der Waals surface area contributed by atoms with E-state index in [1.165, 1.54) is 16.7 Å². The van der Waals surface area contributed by atoms with Crippen LogP contribution in [0.2, 0.25) is 0 Å². The van der Waals surface area contributed by atoms with Gasteiger partial charge in [-0.25, -0.2) is 0 Å². The zero-order valence-electron chi connectivity index (χ0n) is 11.1. The highest BCUT2D eigenvalue weighted by molar-refractivity contribution is 9.10. The van der Waals surface area contributed by atoms with Crippen LogP contribution in [0.25, 0.3) is 0 Å². The molecule has 3 rings (SSSR count). The minimum absolute atomic E-state index is 0.00315. The second-order valence-corrected chi connectivity index (χ2v) is 6.56. The Morgan fingerprint density at radius 2 is 1.95 bits per heavy atom. The molecule has 1 heterocycles. The van der Waals surface area contributed by atoms with Crippen molar-refractivity contribution in [1.82, 2.24) is 0 Å². The van der Waals surface area contributed by atoms with Gasteiger partial charge >= 0.3 is 0 Å². The number of ether oxygens (including phenoxy) is 1. The standard InChI is InChI=1S/C17H16BrClO/c18-15-6-3-12(4-7-15)10-16(19)13-5-8-17-14(11-13)2-1-9-20-17/h3-8,11,16H,1-2,9-10H2. The number of rotatable bonds is 3. The Labute approximate surface area is 133 Å². The summed E-state index contributed by atoms with van der Waals surface area (Å²) < 4.78 is 6.74. The largest absolute Gasteiger partial charge is 0.493 e. The lowest BCUT2D eigenvalue weighted by atomic mass is 9.99. The van der Waals surface area contributed by atoms with E-state index in [0.717, 1.165) is 36.1 Å². The van der Waals surface area contributed by atoms with Gasteiger partial charge in [-0.15, -0.1) is 11.6 Å². The van der Waals surface area contributed by atoms with Crippen molar-refractivity contribution in [1.29, 1.82) is 0 Å². The molecule has 1 nitrogen and oxygen atoms in total. The number of halogens is 2. The molecule has 3 heteroatoms. The number of benzene rings is 2. The van der Waals surface area contributed by atoms with Gasteiger partial charge in [0.25, 0.3) is 0 Å². The number of hydrogen-bond donors (Lipinski definition) is 0. The highest BCUT2D eigenvalue weighted by Crippen LogP contribution is 2.31. The van der Waals surface area contributed by atoms with Crippen LogP contribution in [-0.4, -0.2) is 6.61 Å². The quantitative estimate of drug-likeness (QED) is 0.682. The van der Waals surface area contributed by atoms with E-state index in [-0.39, 0.29) is 5.38 Å². The van der Waals surface area contributed by atoms with E-state index in [1.807, 2.05) is 0 Å². The van der Waals surface area contributed by atoms with Crippen LogP contribution < -0.4 is 4.74 Å². The fraction of sp³-hybridized carbons (Fsp3) is 0.294. The van der Waals surface area contributed by atoms with Gasteiger partial charge in [0.05, 0.1) is 12.0 Å². The molecule has 104 valence electrons. The first-order valence-electron chi connectivity index (χ1n) is 6.86. The van der Waals surface area contributed by atoms with Crippen LogP contribution in [0.1, 0.15) is 28.5 Å². The van der Waals surface area contributed by atoms with Gasteiger partial charge in [0.2, 0.25) is 0 Å². The third-order valence-corrected chi connectivity index (χ3v) is 4.56. The van der Waals surface area contributed by atoms with Gasteiger partial charge in [0.15, 0.2) is 0 Å². The molecule has 0 saturated carbocycles. The van der Waals surface area contributed by atoms with Crippen LogP contribution >= 0.6 is 27.5 Å². The number of fused-ring (bicyclic) bond motifs is 1. The summed E-state index contributed by atoms with van der Waals surface area (Å²) in [4.78, 5) is 0. The monoisotopic (exact) mass is 350 g/mol. The van der Waals surface area contributed by atoms with Crippen LogP contribution in [0.15, 0.2) is 46.9 Å². The maximum absolute atomic E-state index is 6.57. The molecule has 0 spiro atoms. The van der Waals surface area contributed by atoms with E-state index >= 15 is 0 Å². The number of alkyl halides is 1. The topological polar surface area (TPSA) is 9.23 Å². The highest BCUT2D eigenvalue weighted by Gasteiger charge is 2.14. The summed E-state index contributed by atoms with van der Waals surface area (Å²) in [6.07, 6.45) is 3.02. The molecule has 0 bridgehead atoms. The predicted molar refractivity (Wildman–Crippen MR) is 86.7 cm³/mol. The van der Waals surface area contributed by atoms with Crippen molar-refractivity contribution in [3.8, 4) is 5.75 Å². The van der Waals surface area contributed by atoms with Crippen molar-refractivity contribution in [3.63, 3.8) is 0 Å². The van der Waals surface area contributed by atoms with E-state index in [1.54, 1.807) is 0 Å². The molecule has 2 aromatic rings. The third kappa shape index (κ3) is 3.18. The van der Waals surface area contributed by atoms with Crippen LogP contribution in [-0.2, 0) is 12.8 Å². The van der Waals surface area contributed by atoms with Crippen molar-refractivity contribution >= 4 is 27.5 Å². The predicted octanol–water partition coefficient (Wildman–Crippen LogP) is 5.30. The molecule has 0 aromatic heterocycles. The zero-order valence-corrected chi connectivity index (χ0v) is 13.5. The molecule has 2 aromatic carbocycles. The third-order valence-electron chi connectivity index (χ3n) is 3.62. The molecular weight excluding hydrogens is 336 g/mol. The average molecular weight is 352 g/mol. The second kappa shape index (κ2) is 6.19. The fourth-order valence-corrected chi connectivity index (χ4v) is 3.10. The summed E-state index contributed by atoms with van der Waals surface area (Å²) >= 11 is 10.0. The van der Waals surface area contributed by atoms with Gasteiger partial charge in [0, 0.05) is 4.47 Å². The van der Waals surface area contributed by atoms with Crippen molar-refractivity contribution in [3.05, 3.63) is 63.6 Å². The Kier molecular flexibility index (Phi) is 4.32. The number of aryl methyl sites for hydroxylation is 1. The molecule has 0 aliphatic carbocycles. The first-order chi connectivity index (χ1) is 9.72. The smallest absolute Gasteiger partial charge is 0.122 e. The summed E-state index contributed by atoms with van der Waals surface area (Å²) in [5.41, 5.74) is 3.72. The molecule has 0 fully saturated rings. The summed E-state index contributed by atoms with van der Waals surface area (Å²) in [5, 5.41) is 0.00315. The van der Waals surface area contributed by atoms with Crippen LogP contribution in [0, 0.1) is 0 Å². The molecule has 0 saturated heterocycles. The lowest BCUT2D eigenvalue weighted by Gasteiger charge is -2.19. The highest BCUT2D eigenvalue weighted by atomic mass is 79.9. The molecule has 0 amide bonds. The van der Waals surface area contributed by atoms with Gasteiger partial charge in [0.1, 0.15) is 5.75 Å². The first-order valence-corrected chi connectivity index (χ1v) is 8.09. The van der Waals surface area contributed by atoms with Gasteiger partial charge in [-0.05, 0) is 54.2 Å². The maximum Gasteiger partial charge on any atom is 0.122 e. The van der Waals surface area contributed by atoms with Crippen LogP contribution in [0.5, 0.6) is 5.75 Å². The summed E-state index contributed by atoms with van der Waals surface area (Å²) in [6, 6.07) is 14.7. The van der Waals surface area contributed by atoms with Gasteiger partial charge in [-0.3, -0.25) is 0 Å². The van der Waals surface area contributed by atoms with E-state index < -0.39 is 0 Å². The second-order valence-electron chi connectivity index (χ2n) is 5.12. The molecule has 0 radical (unpaired) electrons. The minimum atomic E-state index is 0.00315. The molecule has 0 N–H and O–H groups in total. The van der Waals surface area contributed by atoms with Crippen molar-refractivity contribution < 1.29 is 4.74 Å². The molecular formula is C17H16BrClO. The number of hydrogen-bond acceptors (Lipinski definition) is 1. The van der Waals surface area contributed by atoms with Gasteiger partial charge < -0.3 is 4.74 Å².